The molecule has 0 unspecified atom stereocenters. The molecule has 0 aliphatic heterocycles. The van der Waals surface area contributed by atoms with Gasteiger partial charge in [-0.1, -0.05) is 0 Å². The van der Waals surface area contributed by atoms with Crippen LogP contribution in [0.5, 0.6) is 11.5 Å². The smallest absolute Gasteiger partial charge is 0.355 e. The normalized spacial score (nSPS) is 10.6. The molecule has 0 amide bonds. The van der Waals surface area contributed by atoms with Crippen molar-refractivity contribution < 1.29 is 28.5 Å². The van der Waals surface area contributed by atoms with E-state index in [1.807, 2.05) is 0 Å². The Morgan fingerprint density at radius 2 is 1.82 bits per heavy atom. The highest BCUT2D eigenvalue weighted by atomic mass is 16.5. The van der Waals surface area contributed by atoms with Crippen LogP contribution >= 0.6 is 0 Å². The SMILES string of the molecule is CCOC(=O)/C(=C\C(=O)OC)Nc1ccc(OC)c(OC)c1. The molecule has 0 bridgehead atoms. The first-order valence-corrected chi connectivity index (χ1v) is 6.51. The van der Waals surface area contributed by atoms with Gasteiger partial charge in [0.15, 0.2) is 11.5 Å². The van der Waals surface area contributed by atoms with Gasteiger partial charge >= 0.3 is 11.9 Å². The van der Waals surface area contributed by atoms with E-state index in [2.05, 4.69) is 10.1 Å². The van der Waals surface area contributed by atoms with Crippen LogP contribution in [0.15, 0.2) is 30.0 Å². The maximum Gasteiger partial charge on any atom is 0.355 e. The lowest BCUT2D eigenvalue weighted by atomic mass is 10.2. The first kappa shape index (κ1) is 17.4. The third kappa shape index (κ3) is 4.69. The van der Waals surface area contributed by atoms with Gasteiger partial charge in [0.2, 0.25) is 0 Å². The number of carbonyl (C=O) groups is 2. The standard InChI is InChI=1S/C15H19NO6/c1-5-22-15(18)11(9-14(17)21-4)16-10-6-7-12(19-2)13(8-10)20-3/h6-9,16H,5H2,1-4H3/b11-9+. The van der Waals surface area contributed by atoms with Gasteiger partial charge in [-0.25, -0.2) is 9.59 Å². The zero-order chi connectivity index (χ0) is 16.5. The highest BCUT2D eigenvalue weighted by Crippen LogP contribution is 2.30. The topological polar surface area (TPSA) is 83.1 Å². The Balaban J connectivity index is 3.06. The highest BCUT2D eigenvalue weighted by Gasteiger charge is 2.14. The van der Waals surface area contributed by atoms with Gasteiger partial charge in [-0.15, -0.1) is 0 Å². The number of rotatable bonds is 7. The Kier molecular flexibility index (Phi) is 6.75. The van der Waals surface area contributed by atoms with E-state index in [4.69, 9.17) is 14.2 Å². The molecule has 0 spiro atoms. The average Bonchev–Trinajstić information content (AvgIpc) is 2.53. The van der Waals surface area contributed by atoms with E-state index >= 15 is 0 Å². The zero-order valence-corrected chi connectivity index (χ0v) is 13.0. The molecule has 22 heavy (non-hydrogen) atoms. The molecule has 1 aromatic carbocycles. The van der Waals surface area contributed by atoms with Crippen molar-refractivity contribution in [1.82, 2.24) is 0 Å². The van der Waals surface area contributed by atoms with Crippen molar-refractivity contribution >= 4 is 17.6 Å². The Morgan fingerprint density at radius 3 is 2.36 bits per heavy atom. The molecule has 1 N–H and O–H groups in total. The number of carbonyl (C=O) groups excluding carboxylic acids is 2. The first-order valence-electron chi connectivity index (χ1n) is 6.51. The molecule has 0 fully saturated rings. The summed E-state index contributed by atoms with van der Waals surface area (Å²) in [4.78, 5) is 23.2. The molecule has 120 valence electrons. The lowest BCUT2D eigenvalue weighted by Gasteiger charge is -2.13. The Hall–Kier alpha value is -2.70. The van der Waals surface area contributed by atoms with Crippen LogP contribution in [0.1, 0.15) is 6.92 Å². The summed E-state index contributed by atoms with van der Waals surface area (Å²) in [6.45, 7) is 1.86. The van der Waals surface area contributed by atoms with E-state index in [9.17, 15) is 9.59 Å². The van der Waals surface area contributed by atoms with Gasteiger partial charge in [0.1, 0.15) is 5.70 Å². The maximum absolute atomic E-state index is 11.9. The van der Waals surface area contributed by atoms with Crippen molar-refractivity contribution in [3.05, 3.63) is 30.0 Å². The largest absolute Gasteiger partial charge is 0.493 e. The number of esters is 2. The fourth-order valence-corrected chi connectivity index (χ4v) is 1.60. The fraction of sp³-hybridized carbons (Fsp3) is 0.333. The number of anilines is 1. The van der Waals surface area contributed by atoms with Gasteiger partial charge in [0, 0.05) is 11.8 Å². The van der Waals surface area contributed by atoms with Gasteiger partial charge < -0.3 is 24.3 Å². The van der Waals surface area contributed by atoms with E-state index in [1.54, 1.807) is 25.1 Å². The quantitative estimate of drug-likeness (QED) is 0.606. The van der Waals surface area contributed by atoms with Crippen molar-refractivity contribution in [2.24, 2.45) is 0 Å². The third-order valence-electron chi connectivity index (χ3n) is 2.62. The van der Waals surface area contributed by atoms with Crippen LogP contribution < -0.4 is 14.8 Å². The molecule has 0 heterocycles. The summed E-state index contributed by atoms with van der Waals surface area (Å²) < 4.78 is 19.7. The summed E-state index contributed by atoms with van der Waals surface area (Å²) in [6.07, 6.45) is 1.02. The molecule has 0 aliphatic carbocycles. The predicted octanol–water partition coefficient (Wildman–Crippen LogP) is 1.74. The van der Waals surface area contributed by atoms with E-state index < -0.39 is 11.9 Å². The summed E-state index contributed by atoms with van der Waals surface area (Å²) in [5.74, 6) is -0.310. The molecule has 0 aromatic heterocycles. The van der Waals surface area contributed by atoms with E-state index in [1.165, 1.54) is 21.3 Å². The van der Waals surface area contributed by atoms with Gasteiger partial charge in [-0.3, -0.25) is 0 Å². The number of methoxy groups -OCH3 is 3. The van der Waals surface area contributed by atoms with Crippen LogP contribution in [-0.4, -0.2) is 39.9 Å². The molecule has 0 saturated heterocycles. The minimum atomic E-state index is -0.670. The lowest BCUT2D eigenvalue weighted by molar-refractivity contribution is -0.140. The van der Waals surface area contributed by atoms with Crippen LogP contribution in [0.4, 0.5) is 5.69 Å². The number of hydrogen-bond donors (Lipinski definition) is 1. The minimum Gasteiger partial charge on any atom is -0.493 e. The molecular formula is C15H19NO6. The Labute approximate surface area is 128 Å². The molecule has 0 aliphatic rings. The fourth-order valence-electron chi connectivity index (χ4n) is 1.60. The number of nitrogens with one attached hydrogen (secondary N) is 1. The van der Waals surface area contributed by atoms with Crippen LogP contribution in [-0.2, 0) is 19.1 Å². The maximum atomic E-state index is 11.9. The monoisotopic (exact) mass is 309 g/mol. The van der Waals surface area contributed by atoms with Crippen molar-refractivity contribution in [3.8, 4) is 11.5 Å². The molecule has 1 aromatic rings. The molecule has 0 atom stereocenters. The Bertz CT molecular complexity index is 567. The lowest BCUT2D eigenvalue weighted by Crippen LogP contribution is -2.17. The number of ether oxygens (including phenoxy) is 4. The van der Waals surface area contributed by atoms with Crippen molar-refractivity contribution in [2.45, 2.75) is 6.92 Å². The van der Waals surface area contributed by atoms with Gasteiger partial charge in [-0.2, -0.15) is 0 Å². The second-order valence-corrected chi connectivity index (χ2v) is 4.00. The molecule has 0 saturated carbocycles. The van der Waals surface area contributed by atoms with Crippen molar-refractivity contribution in [2.75, 3.05) is 33.3 Å². The van der Waals surface area contributed by atoms with Gasteiger partial charge in [-0.05, 0) is 19.1 Å². The first-order chi connectivity index (χ1) is 10.5. The number of benzene rings is 1. The van der Waals surface area contributed by atoms with E-state index in [0.29, 0.717) is 17.2 Å². The van der Waals surface area contributed by atoms with Crippen LogP contribution in [0.2, 0.25) is 0 Å². The molecule has 7 nitrogen and oxygen atoms in total. The van der Waals surface area contributed by atoms with Crippen LogP contribution in [0.25, 0.3) is 0 Å². The summed E-state index contributed by atoms with van der Waals surface area (Å²) in [5.41, 5.74) is 0.488. The summed E-state index contributed by atoms with van der Waals surface area (Å²) >= 11 is 0. The van der Waals surface area contributed by atoms with Crippen LogP contribution in [0.3, 0.4) is 0 Å². The van der Waals surface area contributed by atoms with E-state index in [-0.39, 0.29) is 12.3 Å². The number of hydrogen-bond acceptors (Lipinski definition) is 7. The second kappa shape index (κ2) is 8.56. The summed E-state index contributed by atoms with van der Waals surface area (Å²) in [5, 5.41) is 2.81. The van der Waals surface area contributed by atoms with Crippen molar-refractivity contribution in [3.63, 3.8) is 0 Å². The molecule has 1 rings (SSSR count). The predicted molar refractivity (Wildman–Crippen MR) is 79.9 cm³/mol. The van der Waals surface area contributed by atoms with E-state index in [0.717, 1.165) is 6.08 Å². The second-order valence-electron chi connectivity index (χ2n) is 4.00. The molecule has 7 heteroatoms. The third-order valence-corrected chi connectivity index (χ3v) is 2.62. The van der Waals surface area contributed by atoms with Gasteiger partial charge in [0.05, 0.1) is 34.0 Å². The average molecular weight is 309 g/mol. The summed E-state index contributed by atoms with van der Waals surface area (Å²) in [6, 6.07) is 4.97. The zero-order valence-electron chi connectivity index (χ0n) is 13.0. The summed E-state index contributed by atoms with van der Waals surface area (Å²) in [7, 11) is 4.24. The Morgan fingerprint density at radius 1 is 1.14 bits per heavy atom. The van der Waals surface area contributed by atoms with Gasteiger partial charge in [0.25, 0.3) is 0 Å². The molecular weight excluding hydrogens is 290 g/mol. The minimum absolute atomic E-state index is 0.0408. The van der Waals surface area contributed by atoms with Crippen molar-refractivity contribution in [1.29, 1.82) is 0 Å². The highest BCUT2D eigenvalue weighted by molar-refractivity contribution is 5.98. The molecule has 0 radical (unpaired) electrons. The van der Waals surface area contributed by atoms with Crippen LogP contribution in [0, 0.1) is 0 Å².